The van der Waals surface area contributed by atoms with Crippen LogP contribution in [-0.2, 0) is 4.57 Å². The van der Waals surface area contributed by atoms with Gasteiger partial charge in [-0.3, -0.25) is 0 Å². The molecule has 6 N–H and O–H groups in total. The molecule has 0 spiro atoms. The van der Waals surface area contributed by atoms with Crippen molar-refractivity contribution in [2.24, 2.45) is 0 Å². The van der Waals surface area contributed by atoms with Crippen molar-refractivity contribution in [2.75, 3.05) is 118 Å². The van der Waals surface area contributed by atoms with E-state index < -0.39 is 7.82 Å². The van der Waals surface area contributed by atoms with Gasteiger partial charge >= 0.3 is 0 Å². The van der Waals surface area contributed by atoms with Crippen molar-refractivity contribution in [1.29, 1.82) is 0 Å². The van der Waals surface area contributed by atoms with E-state index in [0.29, 0.717) is 52.7 Å². The minimum absolute atomic E-state index is 0.127. The minimum atomic E-state index is -5.39. The Labute approximate surface area is 265 Å². The topological polar surface area (TPSA) is 208 Å². The third kappa shape index (κ3) is 28.9. The predicted molar refractivity (Wildman–Crippen MR) is 170 cm³/mol. The van der Waals surface area contributed by atoms with E-state index in [1.54, 1.807) is 0 Å². The maximum absolute atomic E-state index is 8.92. The zero-order valence-corrected chi connectivity index (χ0v) is 27.4. The molecule has 0 heterocycles. The van der Waals surface area contributed by atoms with Crippen LogP contribution in [0, 0.1) is 0 Å². The van der Waals surface area contributed by atoms with Crippen molar-refractivity contribution in [1.82, 2.24) is 0 Å². The van der Waals surface area contributed by atoms with Gasteiger partial charge in [-0.1, -0.05) is 39.5 Å². The zero-order valence-electron chi connectivity index (χ0n) is 26.5. The van der Waals surface area contributed by atoms with E-state index in [1.165, 1.54) is 0 Å². The van der Waals surface area contributed by atoms with Crippen LogP contribution in [-0.4, -0.2) is 162 Å². The van der Waals surface area contributed by atoms with Crippen molar-refractivity contribution >= 4 is 7.82 Å². The van der Waals surface area contributed by atoms with E-state index in [9.17, 15) is 0 Å². The highest BCUT2D eigenvalue weighted by Crippen LogP contribution is 2.08. The lowest BCUT2D eigenvalue weighted by Crippen LogP contribution is -2.51. The maximum Gasteiger partial charge on any atom is 0.103 e. The Morgan fingerprint density at radius 1 is 0.409 bits per heavy atom. The lowest BCUT2D eigenvalue weighted by Gasteiger charge is -2.36. The Kier molecular flexibility index (Phi) is 34.8. The Bertz CT molecular complexity index is 645. The number of aliphatic hydroxyl groups excluding tert-OH is 6. The van der Waals surface area contributed by atoms with Crippen molar-refractivity contribution in [3.05, 3.63) is 75.9 Å². The van der Waals surface area contributed by atoms with Gasteiger partial charge in [0.1, 0.15) is 39.3 Å². The first-order valence-corrected chi connectivity index (χ1v) is 15.8. The highest BCUT2D eigenvalue weighted by molar-refractivity contribution is 7.40. The zero-order chi connectivity index (χ0) is 35.0. The van der Waals surface area contributed by atoms with Crippen LogP contribution in [0.4, 0.5) is 0 Å². The average molecular weight is 654 g/mol. The number of quaternary nitrogens is 3. The number of hydrogen-bond donors (Lipinski definition) is 6. The normalized spacial score (nSPS) is 11.3. The van der Waals surface area contributed by atoms with Crippen LogP contribution >= 0.6 is 7.82 Å². The summed E-state index contributed by atoms with van der Waals surface area (Å²) in [5.41, 5.74) is 0. The van der Waals surface area contributed by atoms with Gasteiger partial charge in [0.2, 0.25) is 0 Å². The largest absolute Gasteiger partial charge is 0.822 e. The maximum atomic E-state index is 8.92. The average Bonchev–Trinajstić information content (AvgIpc) is 2.90. The van der Waals surface area contributed by atoms with Gasteiger partial charge in [0, 0.05) is 0 Å². The SMILES string of the molecule is C=CC[N+](CC=C)(CCO)CCO.C=CC[N+](CC=C)(CCO)CCO.C=CC[N+](CC=C)(CCO)CCO.O=P([O-])([O-])[O-]. The van der Waals surface area contributed by atoms with Crippen LogP contribution in [0.5, 0.6) is 0 Å². The molecule has 0 aliphatic heterocycles. The third-order valence-corrected chi connectivity index (χ3v) is 6.54. The molecule has 260 valence electrons. The van der Waals surface area contributed by atoms with E-state index in [-0.39, 0.29) is 39.6 Å². The summed E-state index contributed by atoms with van der Waals surface area (Å²) in [4.78, 5) is 25.6. The Morgan fingerprint density at radius 3 is 0.591 bits per heavy atom. The molecule has 0 bridgehead atoms. The van der Waals surface area contributed by atoms with Gasteiger partial charge in [-0.05, 0) is 36.5 Å². The number of rotatable bonds is 24. The molecule has 0 fully saturated rings. The molecule has 0 radical (unpaired) electrons. The number of nitrogens with zero attached hydrogens (tertiary/aromatic N) is 3. The summed E-state index contributed by atoms with van der Waals surface area (Å²) in [5.74, 6) is 0. The molecule has 0 aliphatic rings. The summed E-state index contributed by atoms with van der Waals surface area (Å²) < 4.78 is 10.5. The van der Waals surface area contributed by atoms with Crippen LogP contribution in [0.2, 0.25) is 0 Å². The predicted octanol–water partition coefficient (Wildman–Crippen LogP) is -2.35. The molecular formula is C30H60N3O10P. The van der Waals surface area contributed by atoms with Gasteiger partial charge in [-0.25, -0.2) is 0 Å². The number of aliphatic hydroxyl groups is 6. The molecule has 0 unspecified atom stereocenters. The molecule has 14 heteroatoms. The van der Waals surface area contributed by atoms with Crippen LogP contribution < -0.4 is 14.7 Å². The highest BCUT2D eigenvalue weighted by atomic mass is 31.2. The monoisotopic (exact) mass is 653 g/mol. The summed E-state index contributed by atoms with van der Waals surface area (Å²) in [6.07, 6.45) is 10.9. The van der Waals surface area contributed by atoms with E-state index in [4.69, 9.17) is 49.9 Å². The Balaban J connectivity index is -0.000000253. The molecule has 0 aromatic heterocycles. The summed E-state index contributed by atoms with van der Waals surface area (Å²) >= 11 is 0. The van der Waals surface area contributed by atoms with Crippen molar-refractivity contribution in [3.8, 4) is 0 Å². The smallest absolute Gasteiger partial charge is 0.103 e. The Morgan fingerprint density at radius 2 is 0.523 bits per heavy atom. The second kappa shape index (κ2) is 31.2. The standard InChI is InChI=1S/3C10H20NO2.H3O4P/c3*1-3-5-11(6-4-2,7-9-12)8-10-13;1-5(2,3)4/h3*3-4,12-13H,1-2,5-10H2;(H3,1,2,3,4)/q3*+1;/p-3. The minimum Gasteiger partial charge on any atom is -0.822 e. The summed E-state index contributed by atoms with van der Waals surface area (Å²) in [6.45, 7) is 31.2. The lowest BCUT2D eigenvalue weighted by molar-refractivity contribution is -0.917. The number of phosphoric acid groups is 1. The van der Waals surface area contributed by atoms with Gasteiger partial charge in [-0.15, -0.1) is 0 Å². The van der Waals surface area contributed by atoms with Crippen molar-refractivity contribution in [2.45, 2.75) is 0 Å². The first-order valence-electron chi connectivity index (χ1n) is 14.3. The molecule has 0 saturated heterocycles. The van der Waals surface area contributed by atoms with Gasteiger partial charge in [-0.2, -0.15) is 7.82 Å². The molecule has 0 aromatic rings. The summed E-state index contributed by atoms with van der Waals surface area (Å²) in [5, 5.41) is 53.5. The summed E-state index contributed by atoms with van der Waals surface area (Å²) in [7, 11) is -5.39. The fourth-order valence-corrected chi connectivity index (χ4v) is 4.57. The van der Waals surface area contributed by atoms with E-state index in [2.05, 4.69) is 39.5 Å². The van der Waals surface area contributed by atoms with Gasteiger partial charge < -0.3 is 63.3 Å². The quantitative estimate of drug-likeness (QED) is 0.0372. The molecule has 0 rings (SSSR count). The number of hydrogen-bond acceptors (Lipinski definition) is 10. The van der Waals surface area contributed by atoms with Gasteiger partial charge in [0.15, 0.2) is 0 Å². The van der Waals surface area contributed by atoms with Crippen molar-refractivity contribution in [3.63, 3.8) is 0 Å². The van der Waals surface area contributed by atoms with Gasteiger partial charge in [0.05, 0.1) is 78.9 Å². The second-order valence-electron chi connectivity index (χ2n) is 9.98. The molecule has 0 amide bonds. The summed E-state index contributed by atoms with van der Waals surface area (Å²) in [6, 6.07) is 0. The van der Waals surface area contributed by atoms with Gasteiger partial charge in [0.25, 0.3) is 0 Å². The Hall–Kier alpha value is -1.81. The van der Waals surface area contributed by atoms with Crippen LogP contribution in [0.25, 0.3) is 0 Å². The molecule has 0 atom stereocenters. The first kappa shape index (κ1) is 49.1. The van der Waals surface area contributed by atoms with Crippen LogP contribution in [0.3, 0.4) is 0 Å². The van der Waals surface area contributed by atoms with E-state index >= 15 is 0 Å². The molecule has 13 nitrogen and oxygen atoms in total. The van der Waals surface area contributed by atoms with Crippen molar-refractivity contribution < 1.29 is 63.3 Å². The second-order valence-corrected chi connectivity index (χ2v) is 10.9. The molecule has 0 saturated carbocycles. The third-order valence-electron chi connectivity index (χ3n) is 6.54. The van der Waals surface area contributed by atoms with Crippen LogP contribution in [0.1, 0.15) is 0 Å². The highest BCUT2D eigenvalue weighted by Gasteiger charge is 2.24. The van der Waals surface area contributed by atoms with E-state index in [1.807, 2.05) is 36.5 Å². The fourth-order valence-electron chi connectivity index (χ4n) is 4.57. The fraction of sp³-hybridized carbons (Fsp3) is 0.600. The van der Waals surface area contributed by atoms with E-state index in [0.717, 1.165) is 39.3 Å². The molecule has 0 aliphatic carbocycles. The molecule has 0 aromatic carbocycles. The first-order chi connectivity index (χ1) is 20.7. The van der Waals surface area contributed by atoms with Crippen LogP contribution in [0.15, 0.2) is 75.9 Å². The molecular weight excluding hydrogens is 593 g/mol. The lowest BCUT2D eigenvalue weighted by atomic mass is 10.3. The molecule has 44 heavy (non-hydrogen) atoms.